The molecule has 0 fully saturated rings. The molecule has 0 saturated carbocycles. The van der Waals surface area contributed by atoms with Gasteiger partial charge in [0.15, 0.2) is 0 Å². The van der Waals surface area contributed by atoms with Gasteiger partial charge in [-0.25, -0.2) is 9.59 Å². The van der Waals surface area contributed by atoms with Crippen molar-refractivity contribution in [3.05, 3.63) is 47.5 Å². The van der Waals surface area contributed by atoms with E-state index in [2.05, 4.69) is 6.58 Å². The third kappa shape index (κ3) is 1.82. The van der Waals surface area contributed by atoms with Gasteiger partial charge in [-0.1, -0.05) is 18.7 Å². The molecule has 1 aromatic carbocycles. The molecule has 0 aliphatic carbocycles. The number of benzene rings is 1. The molecule has 0 aromatic heterocycles. The van der Waals surface area contributed by atoms with Gasteiger partial charge in [0.1, 0.15) is 13.2 Å². The lowest BCUT2D eigenvalue weighted by atomic mass is 10.1. The van der Waals surface area contributed by atoms with Gasteiger partial charge in [-0.3, -0.25) is 0 Å². The van der Waals surface area contributed by atoms with Crippen molar-refractivity contribution in [2.24, 2.45) is 0 Å². The summed E-state index contributed by atoms with van der Waals surface area (Å²) in [5.41, 5.74) is 1.58. The number of esters is 2. The number of carbonyl (C=O) groups is 2. The van der Waals surface area contributed by atoms with Gasteiger partial charge < -0.3 is 9.47 Å². The van der Waals surface area contributed by atoms with Gasteiger partial charge in [-0.15, -0.1) is 0 Å². The van der Waals surface area contributed by atoms with Crippen LogP contribution in [0.2, 0.25) is 0 Å². The average molecular weight is 218 g/mol. The Hall–Kier alpha value is -2.10. The Morgan fingerprint density at radius 2 is 2.38 bits per heavy atom. The minimum atomic E-state index is -0.470. The molecule has 0 bridgehead atoms. The summed E-state index contributed by atoms with van der Waals surface area (Å²) < 4.78 is 9.70. The summed E-state index contributed by atoms with van der Waals surface area (Å²) in [7, 11) is 0. The largest absolute Gasteiger partial charge is 0.458 e. The van der Waals surface area contributed by atoms with Crippen LogP contribution in [0.15, 0.2) is 30.9 Å². The maximum atomic E-state index is 11.5. The summed E-state index contributed by atoms with van der Waals surface area (Å²) in [5, 5.41) is 0. The van der Waals surface area contributed by atoms with Crippen molar-refractivity contribution in [2.45, 2.75) is 6.61 Å². The molecule has 0 saturated heterocycles. The summed E-state index contributed by atoms with van der Waals surface area (Å²) in [4.78, 5) is 22.8. The topological polar surface area (TPSA) is 52.6 Å². The molecule has 2 rings (SSSR count). The zero-order valence-corrected chi connectivity index (χ0v) is 8.56. The van der Waals surface area contributed by atoms with Crippen LogP contribution in [0.5, 0.6) is 0 Å². The molecule has 1 aliphatic heterocycles. The predicted molar refractivity (Wildman–Crippen MR) is 56.0 cm³/mol. The Morgan fingerprint density at radius 3 is 3.12 bits per heavy atom. The highest BCUT2D eigenvalue weighted by molar-refractivity contribution is 5.97. The quantitative estimate of drug-likeness (QED) is 0.572. The van der Waals surface area contributed by atoms with E-state index in [1.54, 1.807) is 12.1 Å². The molecule has 0 unspecified atom stereocenters. The van der Waals surface area contributed by atoms with Gasteiger partial charge in [-0.2, -0.15) is 0 Å². The number of hydrogen-bond acceptors (Lipinski definition) is 4. The normalized spacial score (nSPS) is 12.9. The van der Waals surface area contributed by atoms with Crippen molar-refractivity contribution in [2.75, 3.05) is 6.61 Å². The molecule has 4 nitrogen and oxygen atoms in total. The van der Waals surface area contributed by atoms with Crippen molar-refractivity contribution < 1.29 is 19.1 Å². The Morgan fingerprint density at radius 1 is 1.56 bits per heavy atom. The van der Waals surface area contributed by atoms with Crippen molar-refractivity contribution in [3.8, 4) is 0 Å². The second-order valence-corrected chi connectivity index (χ2v) is 3.34. The highest BCUT2D eigenvalue weighted by Crippen LogP contribution is 2.21. The SMILES string of the molecule is C=CCOC(=O)c1ccc2c(c1)C(=O)OC2. The minimum absolute atomic E-state index is 0.153. The lowest BCUT2D eigenvalue weighted by Crippen LogP contribution is -2.06. The molecule has 1 heterocycles. The molecule has 0 amide bonds. The predicted octanol–water partition coefficient (Wildman–Crippen LogP) is 1.70. The Kier molecular flexibility index (Phi) is 2.72. The zero-order chi connectivity index (χ0) is 11.5. The van der Waals surface area contributed by atoms with Crippen LogP contribution in [0.3, 0.4) is 0 Å². The van der Waals surface area contributed by atoms with Crippen LogP contribution in [-0.4, -0.2) is 18.5 Å². The van der Waals surface area contributed by atoms with Crippen molar-refractivity contribution in [1.29, 1.82) is 0 Å². The van der Waals surface area contributed by atoms with E-state index >= 15 is 0 Å². The summed E-state index contributed by atoms with van der Waals surface area (Å²) in [5.74, 6) is -0.865. The van der Waals surface area contributed by atoms with E-state index in [9.17, 15) is 9.59 Å². The van der Waals surface area contributed by atoms with Crippen LogP contribution in [-0.2, 0) is 16.1 Å². The third-order valence-electron chi connectivity index (χ3n) is 2.26. The van der Waals surface area contributed by atoms with Crippen LogP contribution < -0.4 is 0 Å². The molecule has 4 heteroatoms. The van der Waals surface area contributed by atoms with Crippen molar-refractivity contribution in [3.63, 3.8) is 0 Å². The minimum Gasteiger partial charge on any atom is -0.458 e. The maximum Gasteiger partial charge on any atom is 0.338 e. The number of cyclic esters (lactones) is 1. The molecule has 0 spiro atoms. The number of carbonyl (C=O) groups excluding carboxylic acids is 2. The van der Waals surface area contributed by atoms with Gasteiger partial charge in [0, 0.05) is 5.56 Å². The number of fused-ring (bicyclic) bond motifs is 1. The van der Waals surface area contributed by atoms with Crippen LogP contribution in [0.4, 0.5) is 0 Å². The lowest BCUT2D eigenvalue weighted by molar-refractivity contribution is 0.0534. The van der Waals surface area contributed by atoms with E-state index in [4.69, 9.17) is 9.47 Å². The second-order valence-electron chi connectivity index (χ2n) is 3.34. The monoisotopic (exact) mass is 218 g/mol. The summed E-state index contributed by atoms with van der Waals surface area (Å²) in [6.45, 7) is 3.87. The first-order valence-electron chi connectivity index (χ1n) is 4.80. The van der Waals surface area contributed by atoms with Gasteiger partial charge >= 0.3 is 11.9 Å². The molecule has 82 valence electrons. The van der Waals surface area contributed by atoms with Crippen LogP contribution in [0.1, 0.15) is 26.3 Å². The first-order chi connectivity index (χ1) is 7.72. The van der Waals surface area contributed by atoms with E-state index in [0.717, 1.165) is 5.56 Å². The van der Waals surface area contributed by atoms with E-state index in [0.29, 0.717) is 11.1 Å². The average Bonchev–Trinajstić information content (AvgIpc) is 2.67. The van der Waals surface area contributed by atoms with Gasteiger partial charge in [0.05, 0.1) is 11.1 Å². The van der Waals surface area contributed by atoms with Gasteiger partial charge in [-0.05, 0) is 12.1 Å². The van der Waals surface area contributed by atoms with Crippen molar-refractivity contribution in [1.82, 2.24) is 0 Å². The second kappa shape index (κ2) is 4.18. The molecular weight excluding hydrogens is 208 g/mol. The fourth-order valence-electron chi connectivity index (χ4n) is 1.46. The third-order valence-corrected chi connectivity index (χ3v) is 2.26. The molecule has 0 N–H and O–H groups in total. The molecule has 1 aromatic rings. The smallest absolute Gasteiger partial charge is 0.338 e. The van der Waals surface area contributed by atoms with Gasteiger partial charge in [0.2, 0.25) is 0 Å². The molecule has 1 aliphatic rings. The zero-order valence-electron chi connectivity index (χ0n) is 8.56. The summed E-state index contributed by atoms with van der Waals surface area (Å²) in [6.07, 6.45) is 1.49. The number of hydrogen-bond donors (Lipinski definition) is 0. The van der Waals surface area contributed by atoms with Gasteiger partial charge in [0.25, 0.3) is 0 Å². The first kappa shape index (κ1) is 10.4. The Labute approximate surface area is 92.5 Å². The molecule has 0 radical (unpaired) electrons. The fourth-order valence-corrected chi connectivity index (χ4v) is 1.46. The molecule has 16 heavy (non-hydrogen) atoms. The Balaban J connectivity index is 2.24. The standard InChI is InChI=1S/C12H10O4/c1-2-5-15-11(13)8-3-4-9-7-16-12(14)10(9)6-8/h2-4,6H,1,5,7H2. The molecular formula is C12H10O4. The highest BCUT2D eigenvalue weighted by atomic mass is 16.5. The fraction of sp³-hybridized carbons (Fsp3) is 0.167. The van der Waals surface area contributed by atoms with E-state index in [1.807, 2.05) is 0 Å². The number of ether oxygens (including phenoxy) is 2. The first-order valence-corrected chi connectivity index (χ1v) is 4.80. The van der Waals surface area contributed by atoms with Crippen molar-refractivity contribution >= 4 is 11.9 Å². The van der Waals surface area contributed by atoms with E-state index in [-0.39, 0.29) is 13.2 Å². The number of rotatable bonds is 3. The molecule has 0 atom stereocenters. The van der Waals surface area contributed by atoms with E-state index < -0.39 is 11.9 Å². The summed E-state index contributed by atoms with van der Waals surface area (Å²) in [6, 6.07) is 4.81. The highest BCUT2D eigenvalue weighted by Gasteiger charge is 2.22. The van der Waals surface area contributed by atoms with Crippen LogP contribution >= 0.6 is 0 Å². The summed E-state index contributed by atoms with van der Waals surface area (Å²) >= 11 is 0. The lowest BCUT2D eigenvalue weighted by Gasteiger charge is -2.02. The van der Waals surface area contributed by atoms with E-state index in [1.165, 1.54) is 12.1 Å². The van der Waals surface area contributed by atoms with Crippen LogP contribution in [0.25, 0.3) is 0 Å². The van der Waals surface area contributed by atoms with Crippen LogP contribution in [0, 0.1) is 0 Å². The Bertz CT molecular complexity index is 462. The maximum absolute atomic E-state index is 11.5.